The molecule has 98 valence electrons. The van der Waals surface area contributed by atoms with E-state index in [2.05, 4.69) is 23.8 Å². The average molecular weight is 230 g/mol. The van der Waals surface area contributed by atoms with Gasteiger partial charge < -0.3 is 21.3 Å². The zero-order chi connectivity index (χ0) is 12.2. The van der Waals surface area contributed by atoms with Gasteiger partial charge in [0, 0.05) is 39.3 Å². The van der Waals surface area contributed by atoms with E-state index in [9.17, 15) is 0 Å². The summed E-state index contributed by atoms with van der Waals surface area (Å²) in [5.41, 5.74) is 11.1. The van der Waals surface area contributed by atoms with E-state index < -0.39 is 0 Å². The van der Waals surface area contributed by atoms with Crippen LogP contribution in [0.5, 0.6) is 0 Å². The minimum absolute atomic E-state index is 0.739. The normalized spacial score (nSPS) is 11.6. The Hall–Kier alpha value is -0.160. The Morgan fingerprint density at radius 1 is 0.812 bits per heavy atom. The standard InChI is InChI=1S/C12H30N4/c1-3-4-5-8-16(10-7-14)12-11-15(2)9-6-13/h3-14H2,1-2H3. The Bertz CT molecular complexity index is 141. The van der Waals surface area contributed by atoms with Crippen molar-refractivity contribution in [3.05, 3.63) is 0 Å². The Labute approximate surface area is 101 Å². The van der Waals surface area contributed by atoms with Crippen LogP contribution in [0.1, 0.15) is 26.2 Å². The number of rotatable bonds is 11. The third kappa shape index (κ3) is 9.09. The van der Waals surface area contributed by atoms with Gasteiger partial charge in [0.25, 0.3) is 0 Å². The molecular weight excluding hydrogens is 200 g/mol. The SMILES string of the molecule is CCCCCN(CCN)CCN(C)CCN. The molecule has 0 atom stereocenters. The first-order chi connectivity index (χ1) is 7.74. The molecule has 0 radical (unpaired) electrons. The Kier molecular flexibility index (Phi) is 11.2. The lowest BCUT2D eigenvalue weighted by molar-refractivity contribution is 0.228. The molecule has 4 nitrogen and oxygen atoms in total. The van der Waals surface area contributed by atoms with E-state index in [-0.39, 0.29) is 0 Å². The summed E-state index contributed by atoms with van der Waals surface area (Å²) in [4.78, 5) is 4.74. The van der Waals surface area contributed by atoms with Gasteiger partial charge in [-0.2, -0.15) is 0 Å². The highest BCUT2D eigenvalue weighted by molar-refractivity contribution is 4.62. The molecule has 0 saturated heterocycles. The van der Waals surface area contributed by atoms with Crippen LogP contribution in [0.4, 0.5) is 0 Å². The van der Waals surface area contributed by atoms with Crippen molar-refractivity contribution in [1.29, 1.82) is 0 Å². The molecule has 0 aromatic rings. The maximum Gasteiger partial charge on any atom is 0.0110 e. The summed E-state index contributed by atoms with van der Waals surface area (Å²) >= 11 is 0. The number of hydrogen-bond donors (Lipinski definition) is 2. The van der Waals surface area contributed by atoms with Crippen LogP contribution in [0, 0.1) is 0 Å². The summed E-state index contributed by atoms with van der Waals surface area (Å²) < 4.78 is 0. The van der Waals surface area contributed by atoms with E-state index in [0.717, 1.165) is 39.3 Å². The second-order valence-electron chi connectivity index (χ2n) is 4.43. The smallest absolute Gasteiger partial charge is 0.0110 e. The van der Waals surface area contributed by atoms with E-state index in [0.29, 0.717) is 0 Å². The minimum atomic E-state index is 0.739. The molecule has 0 fully saturated rings. The summed E-state index contributed by atoms with van der Waals surface area (Å²) in [6.07, 6.45) is 3.89. The van der Waals surface area contributed by atoms with Crippen molar-refractivity contribution in [2.45, 2.75) is 26.2 Å². The van der Waals surface area contributed by atoms with Crippen LogP contribution < -0.4 is 11.5 Å². The zero-order valence-corrected chi connectivity index (χ0v) is 11.1. The van der Waals surface area contributed by atoms with Crippen LogP contribution in [0.2, 0.25) is 0 Å². The van der Waals surface area contributed by atoms with E-state index in [1.807, 2.05) is 0 Å². The molecule has 0 saturated carbocycles. The fourth-order valence-corrected chi connectivity index (χ4v) is 1.75. The van der Waals surface area contributed by atoms with Crippen molar-refractivity contribution in [2.75, 3.05) is 52.9 Å². The van der Waals surface area contributed by atoms with Crippen molar-refractivity contribution in [3.63, 3.8) is 0 Å². The number of likely N-dealkylation sites (N-methyl/N-ethyl adjacent to an activating group) is 1. The van der Waals surface area contributed by atoms with Crippen LogP contribution >= 0.6 is 0 Å². The maximum atomic E-state index is 5.62. The van der Waals surface area contributed by atoms with Crippen molar-refractivity contribution < 1.29 is 0 Å². The molecule has 0 bridgehead atoms. The molecule has 0 rings (SSSR count). The van der Waals surface area contributed by atoms with Gasteiger partial charge in [0.05, 0.1) is 0 Å². The predicted molar refractivity (Wildman–Crippen MR) is 71.6 cm³/mol. The van der Waals surface area contributed by atoms with Crippen molar-refractivity contribution in [3.8, 4) is 0 Å². The molecule has 0 aromatic heterocycles. The molecule has 0 aromatic carbocycles. The van der Waals surface area contributed by atoms with E-state index in [4.69, 9.17) is 11.5 Å². The van der Waals surface area contributed by atoms with Crippen LogP contribution in [0.3, 0.4) is 0 Å². The van der Waals surface area contributed by atoms with Crippen molar-refractivity contribution in [1.82, 2.24) is 9.80 Å². The summed E-state index contributed by atoms with van der Waals surface area (Å²) in [7, 11) is 2.12. The quantitative estimate of drug-likeness (QED) is 0.502. The minimum Gasteiger partial charge on any atom is -0.329 e. The third-order valence-corrected chi connectivity index (χ3v) is 2.83. The molecular formula is C12H30N4. The second-order valence-corrected chi connectivity index (χ2v) is 4.43. The number of hydrogen-bond acceptors (Lipinski definition) is 4. The number of nitrogens with zero attached hydrogens (tertiary/aromatic N) is 2. The lowest BCUT2D eigenvalue weighted by Gasteiger charge is -2.24. The molecule has 16 heavy (non-hydrogen) atoms. The molecule has 0 spiro atoms. The highest BCUT2D eigenvalue weighted by atomic mass is 15.2. The molecule has 0 amide bonds. The molecule has 0 aliphatic rings. The Morgan fingerprint density at radius 3 is 2.06 bits per heavy atom. The lowest BCUT2D eigenvalue weighted by Crippen LogP contribution is -2.38. The first-order valence-electron chi connectivity index (χ1n) is 6.55. The van der Waals surface area contributed by atoms with Crippen molar-refractivity contribution >= 4 is 0 Å². The van der Waals surface area contributed by atoms with Crippen LogP contribution in [-0.4, -0.2) is 62.7 Å². The van der Waals surface area contributed by atoms with Gasteiger partial charge in [-0.15, -0.1) is 0 Å². The molecule has 0 unspecified atom stereocenters. The van der Waals surface area contributed by atoms with Crippen LogP contribution in [0.15, 0.2) is 0 Å². The van der Waals surface area contributed by atoms with Gasteiger partial charge in [-0.3, -0.25) is 0 Å². The first kappa shape index (κ1) is 15.8. The largest absolute Gasteiger partial charge is 0.329 e. The molecule has 0 aliphatic heterocycles. The van der Waals surface area contributed by atoms with Gasteiger partial charge in [-0.05, 0) is 20.0 Å². The van der Waals surface area contributed by atoms with Gasteiger partial charge in [-0.1, -0.05) is 19.8 Å². The van der Waals surface area contributed by atoms with Crippen LogP contribution in [0.25, 0.3) is 0 Å². The second kappa shape index (κ2) is 11.3. The van der Waals surface area contributed by atoms with Gasteiger partial charge in [0.15, 0.2) is 0 Å². The molecule has 4 N–H and O–H groups in total. The third-order valence-electron chi connectivity index (χ3n) is 2.83. The van der Waals surface area contributed by atoms with Gasteiger partial charge >= 0.3 is 0 Å². The summed E-state index contributed by atoms with van der Waals surface area (Å²) in [6.45, 7) is 9.10. The molecule has 0 heterocycles. The Morgan fingerprint density at radius 2 is 1.50 bits per heavy atom. The Balaban J connectivity index is 3.65. The monoisotopic (exact) mass is 230 g/mol. The summed E-state index contributed by atoms with van der Waals surface area (Å²) in [5, 5.41) is 0. The van der Waals surface area contributed by atoms with Crippen molar-refractivity contribution in [2.24, 2.45) is 11.5 Å². The number of unbranched alkanes of at least 4 members (excludes halogenated alkanes) is 2. The summed E-state index contributed by atoms with van der Waals surface area (Å²) in [6, 6.07) is 0. The highest BCUT2D eigenvalue weighted by Crippen LogP contribution is 1.98. The molecule has 0 aliphatic carbocycles. The van der Waals surface area contributed by atoms with E-state index >= 15 is 0 Å². The topological polar surface area (TPSA) is 58.5 Å². The van der Waals surface area contributed by atoms with E-state index in [1.54, 1.807) is 0 Å². The lowest BCUT2D eigenvalue weighted by atomic mass is 10.2. The highest BCUT2D eigenvalue weighted by Gasteiger charge is 2.05. The van der Waals surface area contributed by atoms with E-state index in [1.165, 1.54) is 25.8 Å². The van der Waals surface area contributed by atoms with Gasteiger partial charge in [0.1, 0.15) is 0 Å². The molecule has 4 heteroatoms. The fourth-order valence-electron chi connectivity index (χ4n) is 1.75. The maximum absolute atomic E-state index is 5.62. The average Bonchev–Trinajstić information content (AvgIpc) is 2.26. The van der Waals surface area contributed by atoms with Crippen LogP contribution in [-0.2, 0) is 0 Å². The fraction of sp³-hybridized carbons (Fsp3) is 1.00. The zero-order valence-electron chi connectivity index (χ0n) is 11.1. The van der Waals surface area contributed by atoms with Gasteiger partial charge in [0.2, 0.25) is 0 Å². The van der Waals surface area contributed by atoms with Gasteiger partial charge in [-0.25, -0.2) is 0 Å². The summed E-state index contributed by atoms with van der Waals surface area (Å²) in [5.74, 6) is 0. The predicted octanol–water partition coefficient (Wildman–Crippen LogP) is 0.328. The first-order valence-corrected chi connectivity index (χ1v) is 6.55. The number of nitrogens with two attached hydrogens (primary N) is 2.